The molecule has 6 heteroatoms. The first-order chi connectivity index (χ1) is 15.0. The van der Waals surface area contributed by atoms with Crippen molar-refractivity contribution in [3.8, 4) is 5.75 Å². The molecule has 31 heavy (non-hydrogen) atoms. The Balaban J connectivity index is 1.31. The van der Waals surface area contributed by atoms with Crippen LogP contribution in [0.4, 0.5) is 0 Å². The smallest absolute Gasteiger partial charge is 0.336 e. The number of benzene rings is 2. The van der Waals surface area contributed by atoms with Gasteiger partial charge in [-0.2, -0.15) is 0 Å². The molecule has 1 fully saturated rings. The Morgan fingerprint density at radius 2 is 1.87 bits per heavy atom. The molecule has 1 saturated heterocycles. The first-order valence-corrected chi connectivity index (χ1v) is 10.8. The van der Waals surface area contributed by atoms with Gasteiger partial charge in [-0.25, -0.2) is 4.79 Å². The monoisotopic (exact) mass is 421 g/mol. The van der Waals surface area contributed by atoms with Gasteiger partial charge in [-0.15, -0.1) is 0 Å². The van der Waals surface area contributed by atoms with Crippen molar-refractivity contribution < 1.29 is 18.8 Å². The molecule has 0 saturated carbocycles. The van der Waals surface area contributed by atoms with E-state index in [-0.39, 0.29) is 24.2 Å². The zero-order chi connectivity index (χ0) is 21.8. The van der Waals surface area contributed by atoms with Crippen molar-refractivity contribution in [1.29, 1.82) is 0 Å². The van der Waals surface area contributed by atoms with Crippen molar-refractivity contribution in [1.82, 2.24) is 5.32 Å². The van der Waals surface area contributed by atoms with Crippen LogP contribution in [0.5, 0.6) is 5.75 Å². The summed E-state index contributed by atoms with van der Waals surface area (Å²) in [7, 11) is 0. The number of carbonyl (C=O) groups excluding carboxylic acids is 1. The van der Waals surface area contributed by atoms with Crippen molar-refractivity contribution in [3.63, 3.8) is 0 Å². The van der Waals surface area contributed by atoms with Gasteiger partial charge in [0.15, 0.2) is 6.61 Å². The van der Waals surface area contributed by atoms with E-state index in [9.17, 15) is 9.59 Å². The number of fused-ring (bicyclic) bond motifs is 1. The summed E-state index contributed by atoms with van der Waals surface area (Å²) in [6.07, 6.45) is 1.93. The van der Waals surface area contributed by atoms with E-state index in [1.54, 1.807) is 4.90 Å². The van der Waals surface area contributed by atoms with Crippen LogP contribution in [0.15, 0.2) is 57.7 Å². The van der Waals surface area contributed by atoms with E-state index < -0.39 is 0 Å². The third-order valence-corrected chi connectivity index (χ3v) is 5.86. The average Bonchev–Trinajstić information content (AvgIpc) is 2.73. The van der Waals surface area contributed by atoms with Gasteiger partial charge in [0.2, 0.25) is 0 Å². The van der Waals surface area contributed by atoms with Gasteiger partial charge in [0.1, 0.15) is 17.9 Å². The van der Waals surface area contributed by atoms with Crippen molar-refractivity contribution in [2.75, 3.05) is 19.7 Å². The molecule has 162 valence electrons. The zero-order valence-corrected chi connectivity index (χ0v) is 18.1. The second kappa shape index (κ2) is 9.35. The topological polar surface area (TPSA) is 73.0 Å². The highest BCUT2D eigenvalue weighted by Crippen LogP contribution is 2.29. The van der Waals surface area contributed by atoms with Crippen LogP contribution in [0.25, 0.3) is 11.0 Å². The molecule has 2 aromatic carbocycles. The Bertz CT molecular complexity index is 1120. The molecule has 1 aliphatic rings. The van der Waals surface area contributed by atoms with Crippen LogP contribution < -0.4 is 20.6 Å². The summed E-state index contributed by atoms with van der Waals surface area (Å²) in [5.74, 6) is 0.440. The molecule has 1 amide bonds. The highest BCUT2D eigenvalue weighted by Gasteiger charge is 2.23. The Labute approximate surface area is 181 Å². The highest BCUT2D eigenvalue weighted by atomic mass is 16.5. The molecule has 1 aromatic heterocycles. The first-order valence-electron chi connectivity index (χ1n) is 10.8. The van der Waals surface area contributed by atoms with Gasteiger partial charge in [-0.3, -0.25) is 4.79 Å². The molecule has 1 aliphatic heterocycles. The Morgan fingerprint density at radius 1 is 1.13 bits per heavy atom. The maximum atomic E-state index is 12.5. The van der Waals surface area contributed by atoms with Crippen LogP contribution in [-0.2, 0) is 11.3 Å². The minimum Gasteiger partial charge on any atom is -0.483 e. The van der Waals surface area contributed by atoms with Crippen LogP contribution in [-0.4, -0.2) is 31.6 Å². The highest BCUT2D eigenvalue weighted by molar-refractivity contribution is 5.88. The molecule has 0 atom stereocenters. The SMILES string of the molecule is Cc1cc(OCC(=O)NC2CC[NH+](Cc3ccccc3)CC2)c2c(C)cc(=O)oc2c1. The zero-order valence-electron chi connectivity index (χ0n) is 18.1. The van der Waals surface area contributed by atoms with Gasteiger partial charge in [0.05, 0.1) is 18.5 Å². The van der Waals surface area contributed by atoms with E-state index in [0.29, 0.717) is 11.3 Å². The molecule has 6 nitrogen and oxygen atoms in total. The molecular formula is C25H29N2O4+. The first kappa shape index (κ1) is 21.1. The number of aryl methyl sites for hydroxylation is 2. The van der Waals surface area contributed by atoms with Gasteiger partial charge < -0.3 is 19.4 Å². The van der Waals surface area contributed by atoms with Gasteiger partial charge in [-0.05, 0) is 37.1 Å². The van der Waals surface area contributed by atoms with E-state index in [1.807, 2.05) is 32.0 Å². The van der Waals surface area contributed by atoms with Crippen molar-refractivity contribution in [2.45, 2.75) is 39.3 Å². The van der Waals surface area contributed by atoms with E-state index in [2.05, 4.69) is 29.6 Å². The quantitative estimate of drug-likeness (QED) is 0.599. The molecule has 2 heterocycles. The molecule has 4 rings (SSSR count). The van der Waals surface area contributed by atoms with E-state index in [0.717, 1.165) is 49.0 Å². The molecule has 0 aliphatic carbocycles. The standard InChI is InChI=1S/C25H28N2O4/c1-17-12-21(25-18(2)14-24(29)31-22(25)13-17)30-16-23(28)26-20-8-10-27(11-9-20)15-19-6-4-3-5-7-19/h3-7,12-14,20H,8-11,15-16H2,1-2H3,(H,26,28)/p+1. The van der Waals surface area contributed by atoms with Gasteiger partial charge in [0.25, 0.3) is 5.91 Å². The number of likely N-dealkylation sites (tertiary alicyclic amines) is 1. The fourth-order valence-corrected chi connectivity index (χ4v) is 4.34. The third-order valence-electron chi connectivity index (χ3n) is 5.86. The van der Waals surface area contributed by atoms with E-state index in [4.69, 9.17) is 9.15 Å². The fourth-order valence-electron chi connectivity index (χ4n) is 4.34. The minimum absolute atomic E-state index is 0.0613. The number of amides is 1. The molecular weight excluding hydrogens is 392 g/mol. The molecule has 0 bridgehead atoms. The summed E-state index contributed by atoms with van der Waals surface area (Å²) in [6.45, 7) is 6.80. The lowest BCUT2D eigenvalue weighted by molar-refractivity contribution is -0.918. The van der Waals surface area contributed by atoms with Crippen LogP contribution in [0, 0.1) is 13.8 Å². The summed E-state index contributed by atoms with van der Waals surface area (Å²) in [6, 6.07) is 15.8. The van der Waals surface area contributed by atoms with Gasteiger partial charge in [-0.1, -0.05) is 30.3 Å². The Kier molecular flexibility index (Phi) is 6.37. The Morgan fingerprint density at radius 3 is 2.61 bits per heavy atom. The lowest BCUT2D eigenvalue weighted by atomic mass is 10.0. The largest absolute Gasteiger partial charge is 0.483 e. The van der Waals surface area contributed by atoms with Crippen LogP contribution in [0.2, 0.25) is 0 Å². The summed E-state index contributed by atoms with van der Waals surface area (Å²) in [5, 5.41) is 3.84. The molecule has 0 unspecified atom stereocenters. The number of piperidine rings is 1. The number of hydrogen-bond donors (Lipinski definition) is 2. The number of quaternary nitrogens is 1. The van der Waals surface area contributed by atoms with Crippen LogP contribution >= 0.6 is 0 Å². The summed E-state index contributed by atoms with van der Waals surface area (Å²) >= 11 is 0. The number of hydrogen-bond acceptors (Lipinski definition) is 4. The second-order valence-electron chi connectivity index (χ2n) is 8.43. The predicted molar refractivity (Wildman–Crippen MR) is 119 cm³/mol. The normalized spacial score (nSPS) is 18.6. The fraction of sp³-hybridized carbons (Fsp3) is 0.360. The summed E-state index contributed by atoms with van der Waals surface area (Å²) in [4.78, 5) is 25.7. The maximum absolute atomic E-state index is 12.5. The predicted octanol–water partition coefficient (Wildman–Crippen LogP) is 2.15. The van der Waals surface area contributed by atoms with Crippen molar-refractivity contribution >= 4 is 16.9 Å². The molecule has 0 radical (unpaired) electrons. The molecule has 2 N–H and O–H groups in total. The number of ether oxygens (including phenoxy) is 1. The summed E-state index contributed by atoms with van der Waals surface area (Å²) in [5.41, 5.74) is 3.12. The maximum Gasteiger partial charge on any atom is 0.336 e. The van der Waals surface area contributed by atoms with Crippen LogP contribution in [0.1, 0.15) is 29.5 Å². The van der Waals surface area contributed by atoms with Gasteiger partial charge >= 0.3 is 5.63 Å². The lowest BCUT2D eigenvalue weighted by Gasteiger charge is -2.29. The van der Waals surface area contributed by atoms with Crippen molar-refractivity contribution in [2.24, 2.45) is 0 Å². The molecule has 0 spiro atoms. The second-order valence-corrected chi connectivity index (χ2v) is 8.43. The van der Waals surface area contributed by atoms with E-state index in [1.165, 1.54) is 11.6 Å². The minimum atomic E-state index is -0.389. The van der Waals surface area contributed by atoms with Crippen molar-refractivity contribution in [3.05, 3.63) is 75.6 Å². The number of carbonyl (C=O) groups is 1. The lowest BCUT2D eigenvalue weighted by Crippen LogP contribution is -3.12. The summed E-state index contributed by atoms with van der Waals surface area (Å²) < 4.78 is 11.2. The number of nitrogens with one attached hydrogen (secondary N) is 2. The average molecular weight is 422 g/mol. The third kappa shape index (κ3) is 5.33. The Hall–Kier alpha value is -3.12. The number of rotatable bonds is 6. The van der Waals surface area contributed by atoms with Gasteiger partial charge in [0, 0.05) is 30.5 Å². The van der Waals surface area contributed by atoms with Crippen LogP contribution in [0.3, 0.4) is 0 Å². The van der Waals surface area contributed by atoms with E-state index >= 15 is 0 Å². The molecule has 3 aromatic rings.